The molecule has 1 unspecified atom stereocenters. The minimum atomic E-state index is -0.673. The summed E-state index contributed by atoms with van der Waals surface area (Å²) in [6.07, 6.45) is 0.569. The van der Waals surface area contributed by atoms with Crippen LogP contribution in [-0.2, 0) is 20.9 Å². The number of hydrogen-bond donors (Lipinski definition) is 2. The Bertz CT molecular complexity index is 894. The number of carbonyl (C=O) groups excluding carboxylic acids is 3. The topological polar surface area (TPSA) is 87.7 Å². The quantitative estimate of drug-likeness (QED) is 0.689. The molecule has 0 bridgehead atoms. The minimum absolute atomic E-state index is 0.0219. The van der Waals surface area contributed by atoms with Gasteiger partial charge in [-0.1, -0.05) is 62.4 Å². The van der Waals surface area contributed by atoms with Crippen LogP contribution in [0.4, 0.5) is 10.5 Å². The number of carbonyl (C=O) groups is 3. The molecular formula is C25H31N3O4. The number of nitrogens with zero attached hydrogens (tertiary/aromatic N) is 1. The molecular weight excluding hydrogens is 406 g/mol. The third-order valence-corrected chi connectivity index (χ3v) is 5.64. The first kappa shape index (κ1) is 23.3. The highest BCUT2D eigenvalue weighted by Gasteiger charge is 2.33. The van der Waals surface area contributed by atoms with E-state index in [1.165, 1.54) is 0 Å². The van der Waals surface area contributed by atoms with Crippen molar-refractivity contribution in [1.29, 1.82) is 0 Å². The molecule has 2 aromatic carbocycles. The largest absolute Gasteiger partial charge is 0.445 e. The van der Waals surface area contributed by atoms with Crippen molar-refractivity contribution in [3.63, 3.8) is 0 Å². The molecule has 1 fully saturated rings. The van der Waals surface area contributed by atoms with Crippen LogP contribution < -0.4 is 10.6 Å². The third-order valence-electron chi connectivity index (χ3n) is 5.64. The summed E-state index contributed by atoms with van der Waals surface area (Å²) < 4.78 is 5.28. The summed E-state index contributed by atoms with van der Waals surface area (Å²) in [5.74, 6) is -0.392. The van der Waals surface area contributed by atoms with Gasteiger partial charge < -0.3 is 20.3 Å². The fraction of sp³-hybridized carbons (Fsp3) is 0.400. The molecule has 170 valence electrons. The van der Waals surface area contributed by atoms with E-state index in [4.69, 9.17) is 4.74 Å². The summed E-state index contributed by atoms with van der Waals surface area (Å²) in [6.45, 7) is 4.89. The van der Waals surface area contributed by atoms with Crippen LogP contribution >= 0.6 is 0 Å². The molecule has 0 aromatic heterocycles. The first-order chi connectivity index (χ1) is 15.4. The second-order valence-corrected chi connectivity index (χ2v) is 8.38. The monoisotopic (exact) mass is 437 g/mol. The average Bonchev–Trinajstić information content (AvgIpc) is 2.82. The van der Waals surface area contributed by atoms with Crippen molar-refractivity contribution in [2.24, 2.45) is 11.8 Å². The van der Waals surface area contributed by atoms with Gasteiger partial charge in [0.05, 0.1) is 0 Å². The lowest BCUT2D eigenvalue weighted by Crippen LogP contribution is -2.53. The van der Waals surface area contributed by atoms with Crippen LogP contribution in [0.3, 0.4) is 0 Å². The summed E-state index contributed by atoms with van der Waals surface area (Å²) in [5, 5.41) is 5.65. The molecule has 1 heterocycles. The normalized spacial score (nSPS) is 15.2. The van der Waals surface area contributed by atoms with E-state index in [2.05, 4.69) is 10.6 Å². The lowest BCUT2D eigenvalue weighted by atomic mass is 9.94. The number of alkyl carbamates (subject to hydrolysis) is 1. The van der Waals surface area contributed by atoms with Crippen LogP contribution in [0.5, 0.6) is 0 Å². The Morgan fingerprint density at radius 3 is 2.16 bits per heavy atom. The number of anilines is 1. The first-order valence-corrected chi connectivity index (χ1v) is 11.1. The standard InChI is InChI=1S/C25H31N3O4/c1-18(2)22(27-25(31)32-17-19-9-5-3-6-10-19)24(30)28-15-13-20(14-16-28)23(29)26-21-11-7-4-8-12-21/h3-12,18,20,22H,13-17H2,1-2H3,(H,26,29)(H,27,31). The second kappa shape index (κ2) is 11.3. The Labute approximate surface area is 189 Å². The third kappa shape index (κ3) is 6.57. The summed E-state index contributed by atoms with van der Waals surface area (Å²) in [4.78, 5) is 39.6. The predicted octanol–water partition coefficient (Wildman–Crippen LogP) is 3.81. The summed E-state index contributed by atoms with van der Waals surface area (Å²) in [6, 6.07) is 18.1. The number of para-hydroxylation sites is 1. The number of hydrogen-bond acceptors (Lipinski definition) is 4. The number of benzene rings is 2. The van der Waals surface area contributed by atoms with Crippen LogP contribution in [0, 0.1) is 11.8 Å². The molecule has 2 aromatic rings. The molecule has 1 atom stereocenters. The maximum absolute atomic E-state index is 13.1. The zero-order valence-electron chi connectivity index (χ0n) is 18.6. The van der Waals surface area contributed by atoms with Crippen LogP contribution in [0.25, 0.3) is 0 Å². The molecule has 0 radical (unpaired) electrons. The fourth-order valence-electron chi connectivity index (χ4n) is 3.73. The Morgan fingerprint density at radius 1 is 0.969 bits per heavy atom. The highest BCUT2D eigenvalue weighted by atomic mass is 16.5. The molecule has 1 aliphatic heterocycles. The zero-order chi connectivity index (χ0) is 22.9. The van der Waals surface area contributed by atoms with Gasteiger partial charge >= 0.3 is 6.09 Å². The van der Waals surface area contributed by atoms with Gasteiger partial charge in [-0.2, -0.15) is 0 Å². The average molecular weight is 438 g/mol. The van der Waals surface area contributed by atoms with Gasteiger partial charge in [0.25, 0.3) is 0 Å². The maximum Gasteiger partial charge on any atom is 0.408 e. The molecule has 2 N–H and O–H groups in total. The number of piperidine rings is 1. The van der Waals surface area contributed by atoms with Crippen molar-refractivity contribution in [1.82, 2.24) is 10.2 Å². The lowest BCUT2D eigenvalue weighted by molar-refractivity contribution is -0.137. The van der Waals surface area contributed by atoms with E-state index in [1.54, 1.807) is 4.90 Å². The molecule has 32 heavy (non-hydrogen) atoms. The Morgan fingerprint density at radius 2 is 1.56 bits per heavy atom. The van der Waals surface area contributed by atoms with Crippen LogP contribution in [0.1, 0.15) is 32.3 Å². The van der Waals surface area contributed by atoms with E-state index in [9.17, 15) is 14.4 Å². The second-order valence-electron chi connectivity index (χ2n) is 8.38. The molecule has 7 heteroatoms. The van der Waals surface area contributed by atoms with Crippen LogP contribution in [-0.4, -0.2) is 41.9 Å². The highest BCUT2D eigenvalue weighted by molar-refractivity contribution is 5.93. The van der Waals surface area contributed by atoms with Crippen molar-refractivity contribution in [3.05, 3.63) is 66.2 Å². The van der Waals surface area contributed by atoms with E-state index in [0.29, 0.717) is 25.9 Å². The molecule has 0 saturated carbocycles. The van der Waals surface area contributed by atoms with Crippen LogP contribution in [0.2, 0.25) is 0 Å². The molecule has 7 nitrogen and oxygen atoms in total. The van der Waals surface area contributed by atoms with Gasteiger partial charge in [-0.3, -0.25) is 9.59 Å². The number of likely N-dealkylation sites (tertiary alicyclic amines) is 1. The molecule has 0 aliphatic carbocycles. The fourth-order valence-corrected chi connectivity index (χ4v) is 3.73. The lowest BCUT2D eigenvalue weighted by Gasteiger charge is -2.34. The predicted molar refractivity (Wildman–Crippen MR) is 123 cm³/mol. The zero-order valence-corrected chi connectivity index (χ0v) is 18.6. The van der Waals surface area contributed by atoms with Crippen LogP contribution in [0.15, 0.2) is 60.7 Å². The minimum Gasteiger partial charge on any atom is -0.445 e. The van der Waals surface area contributed by atoms with E-state index in [1.807, 2.05) is 74.5 Å². The molecule has 1 saturated heterocycles. The first-order valence-electron chi connectivity index (χ1n) is 11.1. The van der Waals surface area contributed by atoms with Crippen molar-refractivity contribution >= 4 is 23.6 Å². The Kier molecular flexibility index (Phi) is 8.25. The van der Waals surface area contributed by atoms with Crippen molar-refractivity contribution in [3.8, 4) is 0 Å². The highest BCUT2D eigenvalue weighted by Crippen LogP contribution is 2.21. The molecule has 0 spiro atoms. The van der Waals surface area contributed by atoms with Gasteiger partial charge in [0.1, 0.15) is 12.6 Å². The van der Waals surface area contributed by atoms with Gasteiger partial charge in [-0.25, -0.2) is 4.79 Å². The van der Waals surface area contributed by atoms with Gasteiger partial charge in [0.15, 0.2) is 0 Å². The molecule has 3 rings (SSSR count). The summed E-state index contributed by atoms with van der Waals surface area (Å²) in [5.41, 5.74) is 1.65. The Balaban J connectivity index is 1.48. The number of amides is 3. The van der Waals surface area contributed by atoms with Gasteiger partial charge in [0, 0.05) is 24.7 Å². The van der Waals surface area contributed by atoms with Crippen molar-refractivity contribution in [2.45, 2.75) is 39.3 Å². The van der Waals surface area contributed by atoms with Crippen molar-refractivity contribution < 1.29 is 19.1 Å². The number of rotatable bonds is 7. The molecule has 3 amide bonds. The Hall–Kier alpha value is -3.35. The number of nitrogens with one attached hydrogen (secondary N) is 2. The maximum atomic E-state index is 13.1. The summed E-state index contributed by atoms with van der Waals surface area (Å²) in [7, 11) is 0. The summed E-state index contributed by atoms with van der Waals surface area (Å²) >= 11 is 0. The van der Waals surface area contributed by atoms with Gasteiger partial charge in [-0.15, -0.1) is 0 Å². The van der Waals surface area contributed by atoms with E-state index in [-0.39, 0.29) is 30.3 Å². The molecule has 1 aliphatic rings. The smallest absolute Gasteiger partial charge is 0.408 e. The van der Waals surface area contributed by atoms with Gasteiger partial charge in [-0.05, 0) is 36.5 Å². The van der Waals surface area contributed by atoms with E-state index < -0.39 is 12.1 Å². The number of ether oxygens (including phenoxy) is 1. The van der Waals surface area contributed by atoms with E-state index >= 15 is 0 Å². The van der Waals surface area contributed by atoms with Crippen molar-refractivity contribution in [2.75, 3.05) is 18.4 Å². The van der Waals surface area contributed by atoms with Gasteiger partial charge in [0.2, 0.25) is 11.8 Å². The SMILES string of the molecule is CC(C)C(NC(=O)OCc1ccccc1)C(=O)N1CCC(C(=O)Nc2ccccc2)CC1. The van der Waals surface area contributed by atoms with E-state index in [0.717, 1.165) is 11.3 Å².